The number of benzene rings is 1. The van der Waals surface area contributed by atoms with Crippen LogP contribution in [0.5, 0.6) is 5.75 Å². The molecule has 0 aliphatic rings. The third-order valence-electron chi connectivity index (χ3n) is 5.52. The summed E-state index contributed by atoms with van der Waals surface area (Å²) < 4.78 is 31.2. The zero-order valence-electron chi connectivity index (χ0n) is 19.5. The second kappa shape index (κ2) is 15.5. The standard InChI is InChI=1S/C24H44N2O3S/c1-4-5-6-7-8-9-10-11-12-13-14-15-16-17-20-29-24-19-18-22(21-23(24)25)30(27,28)26(2)3/h18-19,21H,4-17,20,25H2,1-3H3. The van der Waals surface area contributed by atoms with Gasteiger partial charge in [0.2, 0.25) is 10.0 Å². The molecule has 0 spiro atoms. The Labute approximate surface area is 185 Å². The number of nitrogen functional groups attached to an aromatic ring is 1. The summed E-state index contributed by atoms with van der Waals surface area (Å²) in [6, 6.07) is 4.66. The van der Waals surface area contributed by atoms with Crippen LogP contribution in [0.2, 0.25) is 0 Å². The fourth-order valence-electron chi connectivity index (χ4n) is 3.51. The van der Waals surface area contributed by atoms with E-state index in [2.05, 4.69) is 6.92 Å². The van der Waals surface area contributed by atoms with Crippen molar-refractivity contribution in [3.63, 3.8) is 0 Å². The van der Waals surface area contributed by atoms with E-state index >= 15 is 0 Å². The minimum absolute atomic E-state index is 0.189. The molecule has 1 rings (SSSR count). The molecule has 1 aromatic carbocycles. The number of anilines is 1. The van der Waals surface area contributed by atoms with Crippen LogP contribution >= 0.6 is 0 Å². The molecule has 5 nitrogen and oxygen atoms in total. The van der Waals surface area contributed by atoms with Crippen LogP contribution in [0.25, 0.3) is 0 Å². The molecule has 0 atom stereocenters. The molecule has 0 saturated carbocycles. The first-order valence-corrected chi connectivity index (χ1v) is 13.3. The van der Waals surface area contributed by atoms with Crippen molar-refractivity contribution in [1.82, 2.24) is 4.31 Å². The van der Waals surface area contributed by atoms with Gasteiger partial charge in [-0.15, -0.1) is 0 Å². The van der Waals surface area contributed by atoms with Crippen LogP contribution in [-0.4, -0.2) is 33.4 Å². The quantitative estimate of drug-likeness (QED) is 0.212. The van der Waals surface area contributed by atoms with Crippen LogP contribution in [-0.2, 0) is 10.0 Å². The maximum atomic E-state index is 12.1. The van der Waals surface area contributed by atoms with Gasteiger partial charge in [-0.2, -0.15) is 0 Å². The van der Waals surface area contributed by atoms with Crippen LogP contribution in [0.3, 0.4) is 0 Å². The van der Waals surface area contributed by atoms with Crippen molar-refractivity contribution in [2.45, 2.75) is 102 Å². The van der Waals surface area contributed by atoms with Crippen molar-refractivity contribution in [2.75, 3.05) is 26.4 Å². The van der Waals surface area contributed by atoms with Crippen LogP contribution in [0.4, 0.5) is 5.69 Å². The Bertz CT molecular complexity index is 675. The highest BCUT2D eigenvalue weighted by atomic mass is 32.2. The molecular weight excluding hydrogens is 396 g/mol. The number of nitrogens with zero attached hydrogens (tertiary/aromatic N) is 1. The lowest BCUT2D eigenvalue weighted by Gasteiger charge is -2.14. The largest absolute Gasteiger partial charge is 0.491 e. The van der Waals surface area contributed by atoms with E-state index in [9.17, 15) is 8.42 Å². The molecular formula is C24H44N2O3S. The molecule has 2 N–H and O–H groups in total. The topological polar surface area (TPSA) is 72.6 Å². The zero-order chi connectivity index (χ0) is 22.2. The van der Waals surface area contributed by atoms with E-state index < -0.39 is 10.0 Å². The van der Waals surface area contributed by atoms with Gasteiger partial charge in [-0.1, -0.05) is 90.4 Å². The predicted octanol–water partition coefficient (Wildman–Crippen LogP) is 6.38. The summed E-state index contributed by atoms with van der Waals surface area (Å²) in [6.07, 6.45) is 18.6. The summed E-state index contributed by atoms with van der Waals surface area (Å²) in [5.41, 5.74) is 6.34. The van der Waals surface area contributed by atoms with Crippen molar-refractivity contribution in [1.29, 1.82) is 0 Å². The van der Waals surface area contributed by atoms with Gasteiger partial charge < -0.3 is 10.5 Å². The minimum Gasteiger partial charge on any atom is -0.491 e. The molecule has 0 radical (unpaired) electrons. The van der Waals surface area contributed by atoms with E-state index in [0.717, 1.165) is 12.8 Å². The molecule has 0 heterocycles. The van der Waals surface area contributed by atoms with Gasteiger partial charge in [0.05, 0.1) is 17.2 Å². The maximum Gasteiger partial charge on any atom is 0.242 e. The highest BCUT2D eigenvalue weighted by Gasteiger charge is 2.18. The Kier molecular flexibility index (Phi) is 13.8. The first kappa shape index (κ1) is 26.8. The zero-order valence-corrected chi connectivity index (χ0v) is 20.3. The lowest BCUT2D eigenvalue weighted by Crippen LogP contribution is -2.22. The predicted molar refractivity (Wildman–Crippen MR) is 128 cm³/mol. The summed E-state index contributed by atoms with van der Waals surface area (Å²) in [5, 5.41) is 0. The van der Waals surface area contributed by atoms with Gasteiger partial charge in [0.15, 0.2) is 0 Å². The van der Waals surface area contributed by atoms with Crippen LogP contribution in [0.15, 0.2) is 23.1 Å². The van der Waals surface area contributed by atoms with Gasteiger partial charge in [0.1, 0.15) is 5.75 Å². The van der Waals surface area contributed by atoms with Gasteiger partial charge in [0, 0.05) is 14.1 Å². The fraction of sp³-hybridized carbons (Fsp3) is 0.750. The van der Waals surface area contributed by atoms with Gasteiger partial charge in [-0.25, -0.2) is 12.7 Å². The Balaban J connectivity index is 2.04. The van der Waals surface area contributed by atoms with Crippen LogP contribution in [0, 0.1) is 0 Å². The number of ether oxygens (including phenoxy) is 1. The second-order valence-corrected chi connectivity index (χ2v) is 10.6. The molecule has 0 unspecified atom stereocenters. The van der Waals surface area contributed by atoms with Crippen molar-refractivity contribution in [3.8, 4) is 5.75 Å². The summed E-state index contributed by atoms with van der Waals surface area (Å²) >= 11 is 0. The Morgan fingerprint density at radius 3 is 1.70 bits per heavy atom. The lowest BCUT2D eigenvalue weighted by molar-refractivity contribution is 0.305. The highest BCUT2D eigenvalue weighted by Crippen LogP contribution is 2.26. The van der Waals surface area contributed by atoms with Gasteiger partial charge in [-0.3, -0.25) is 0 Å². The van der Waals surface area contributed by atoms with Crippen molar-refractivity contribution < 1.29 is 13.2 Å². The Hall–Kier alpha value is -1.27. The Morgan fingerprint density at radius 2 is 1.27 bits per heavy atom. The number of hydrogen-bond donors (Lipinski definition) is 1. The SMILES string of the molecule is CCCCCCCCCCCCCCCCOc1ccc(S(=O)(=O)N(C)C)cc1N. The molecule has 0 aromatic heterocycles. The molecule has 174 valence electrons. The molecule has 1 aromatic rings. The number of nitrogens with two attached hydrogens (primary N) is 1. The number of hydrogen-bond acceptors (Lipinski definition) is 4. The van der Waals surface area contributed by atoms with Crippen molar-refractivity contribution in [3.05, 3.63) is 18.2 Å². The highest BCUT2D eigenvalue weighted by molar-refractivity contribution is 7.89. The third kappa shape index (κ3) is 10.7. The molecule has 6 heteroatoms. The lowest BCUT2D eigenvalue weighted by atomic mass is 10.0. The fourth-order valence-corrected chi connectivity index (χ4v) is 4.45. The Morgan fingerprint density at radius 1 is 0.800 bits per heavy atom. The molecule has 0 amide bonds. The van der Waals surface area contributed by atoms with Crippen molar-refractivity contribution >= 4 is 15.7 Å². The van der Waals surface area contributed by atoms with E-state index in [1.165, 1.54) is 102 Å². The molecule has 0 bridgehead atoms. The van der Waals surface area contributed by atoms with Crippen molar-refractivity contribution in [2.24, 2.45) is 0 Å². The van der Waals surface area contributed by atoms with E-state index in [4.69, 9.17) is 10.5 Å². The normalized spacial score (nSPS) is 11.9. The molecule has 0 aliphatic heterocycles. The number of rotatable bonds is 18. The third-order valence-corrected chi connectivity index (χ3v) is 7.33. The molecule has 0 aliphatic carbocycles. The summed E-state index contributed by atoms with van der Waals surface area (Å²) in [7, 11) is -0.458. The van der Waals surface area contributed by atoms with Gasteiger partial charge >= 0.3 is 0 Å². The summed E-state index contributed by atoms with van der Waals surface area (Å²) in [5.74, 6) is 0.558. The van der Waals surface area contributed by atoms with E-state index in [1.807, 2.05) is 0 Å². The molecule has 0 saturated heterocycles. The van der Waals surface area contributed by atoms with E-state index in [0.29, 0.717) is 18.0 Å². The van der Waals surface area contributed by atoms with Crippen LogP contribution in [0.1, 0.15) is 96.8 Å². The summed E-state index contributed by atoms with van der Waals surface area (Å²) in [6.45, 7) is 2.88. The molecule has 0 fully saturated rings. The average molecular weight is 441 g/mol. The monoisotopic (exact) mass is 440 g/mol. The smallest absolute Gasteiger partial charge is 0.242 e. The van der Waals surface area contributed by atoms with Gasteiger partial charge in [-0.05, 0) is 24.6 Å². The molecule has 30 heavy (non-hydrogen) atoms. The van der Waals surface area contributed by atoms with Crippen LogP contribution < -0.4 is 10.5 Å². The first-order valence-electron chi connectivity index (χ1n) is 11.8. The summed E-state index contributed by atoms with van der Waals surface area (Å²) in [4.78, 5) is 0.189. The average Bonchev–Trinajstić information content (AvgIpc) is 2.71. The van der Waals surface area contributed by atoms with E-state index in [1.54, 1.807) is 12.1 Å². The number of sulfonamides is 1. The van der Waals surface area contributed by atoms with Gasteiger partial charge in [0.25, 0.3) is 0 Å². The van der Waals surface area contributed by atoms with E-state index in [-0.39, 0.29) is 4.90 Å². The number of unbranched alkanes of at least 4 members (excludes halogenated alkanes) is 13. The first-order chi connectivity index (χ1) is 14.4. The minimum atomic E-state index is -3.47. The maximum absolute atomic E-state index is 12.1. The second-order valence-electron chi connectivity index (χ2n) is 8.43.